The van der Waals surface area contributed by atoms with E-state index < -0.39 is 0 Å². The molecule has 0 heterocycles. The third kappa shape index (κ3) is 4.98. The lowest BCUT2D eigenvalue weighted by atomic mass is 10.1. The lowest BCUT2D eigenvalue weighted by Crippen LogP contribution is -2.28. The average Bonchev–Trinajstić information content (AvgIpc) is 3.26. The molecule has 0 aliphatic heterocycles. The SMILES string of the molecule is COc1cc(N)cc(C(=O)NCCCC(=O)NC2CC2)c1. The van der Waals surface area contributed by atoms with Gasteiger partial charge >= 0.3 is 0 Å². The van der Waals surface area contributed by atoms with E-state index in [0.29, 0.717) is 42.4 Å². The maximum absolute atomic E-state index is 12.0. The van der Waals surface area contributed by atoms with Crippen LogP contribution >= 0.6 is 0 Å². The Morgan fingerprint density at radius 1 is 1.33 bits per heavy atom. The second-order valence-corrected chi connectivity index (χ2v) is 5.20. The van der Waals surface area contributed by atoms with Crippen LogP contribution in [0.1, 0.15) is 36.0 Å². The van der Waals surface area contributed by atoms with E-state index in [-0.39, 0.29) is 11.8 Å². The van der Waals surface area contributed by atoms with E-state index in [1.165, 1.54) is 7.11 Å². The van der Waals surface area contributed by atoms with Crippen molar-refractivity contribution in [1.29, 1.82) is 0 Å². The number of amides is 2. The van der Waals surface area contributed by atoms with Crippen LogP contribution < -0.4 is 21.1 Å². The molecule has 114 valence electrons. The summed E-state index contributed by atoms with van der Waals surface area (Å²) in [5.74, 6) is 0.379. The van der Waals surface area contributed by atoms with Crippen molar-refractivity contribution in [1.82, 2.24) is 10.6 Å². The summed E-state index contributed by atoms with van der Waals surface area (Å²) in [6.45, 7) is 0.452. The molecule has 2 rings (SSSR count). The van der Waals surface area contributed by atoms with Crippen molar-refractivity contribution >= 4 is 17.5 Å². The molecule has 6 nitrogen and oxygen atoms in total. The van der Waals surface area contributed by atoms with Gasteiger partial charge in [-0.05, 0) is 31.4 Å². The van der Waals surface area contributed by atoms with Crippen molar-refractivity contribution in [2.45, 2.75) is 31.7 Å². The van der Waals surface area contributed by atoms with Gasteiger partial charge in [0.05, 0.1) is 7.11 Å². The van der Waals surface area contributed by atoms with Crippen molar-refractivity contribution < 1.29 is 14.3 Å². The Morgan fingerprint density at radius 3 is 2.76 bits per heavy atom. The third-order valence-corrected chi connectivity index (χ3v) is 3.24. The van der Waals surface area contributed by atoms with Gasteiger partial charge in [0.25, 0.3) is 5.91 Å². The molecule has 1 saturated carbocycles. The van der Waals surface area contributed by atoms with Gasteiger partial charge in [-0.15, -0.1) is 0 Å². The smallest absolute Gasteiger partial charge is 0.251 e. The number of nitrogens with one attached hydrogen (secondary N) is 2. The molecule has 0 atom stereocenters. The number of hydrogen-bond acceptors (Lipinski definition) is 4. The quantitative estimate of drug-likeness (QED) is 0.517. The van der Waals surface area contributed by atoms with Crippen LogP contribution in [0.3, 0.4) is 0 Å². The van der Waals surface area contributed by atoms with Gasteiger partial charge < -0.3 is 21.1 Å². The van der Waals surface area contributed by atoms with Gasteiger partial charge in [0.15, 0.2) is 0 Å². The molecule has 0 aromatic heterocycles. The maximum Gasteiger partial charge on any atom is 0.251 e. The van der Waals surface area contributed by atoms with Gasteiger partial charge in [0.1, 0.15) is 5.75 Å². The topological polar surface area (TPSA) is 93.4 Å². The second kappa shape index (κ2) is 6.97. The first-order valence-corrected chi connectivity index (χ1v) is 7.10. The summed E-state index contributed by atoms with van der Waals surface area (Å²) in [5, 5.41) is 5.68. The molecule has 4 N–H and O–H groups in total. The number of carbonyl (C=O) groups excluding carboxylic acids is 2. The summed E-state index contributed by atoms with van der Waals surface area (Å²) in [5.41, 5.74) is 6.63. The Bertz CT molecular complexity index is 527. The molecular weight excluding hydrogens is 270 g/mol. The number of methoxy groups -OCH3 is 1. The number of anilines is 1. The molecule has 1 fully saturated rings. The molecule has 1 aliphatic rings. The van der Waals surface area contributed by atoms with Crippen LogP contribution in [0.2, 0.25) is 0 Å². The minimum Gasteiger partial charge on any atom is -0.497 e. The summed E-state index contributed by atoms with van der Waals surface area (Å²) in [6, 6.07) is 5.26. The maximum atomic E-state index is 12.0. The molecule has 21 heavy (non-hydrogen) atoms. The van der Waals surface area contributed by atoms with E-state index >= 15 is 0 Å². The molecular formula is C15H21N3O3. The summed E-state index contributed by atoms with van der Waals surface area (Å²) < 4.78 is 5.07. The molecule has 0 bridgehead atoms. The minimum atomic E-state index is -0.219. The Morgan fingerprint density at radius 2 is 2.10 bits per heavy atom. The molecule has 2 amide bonds. The molecule has 0 radical (unpaired) electrons. The Kier molecular flexibility index (Phi) is 5.03. The molecule has 1 aliphatic carbocycles. The van der Waals surface area contributed by atoms with E-state index in [4.69, 9.17) is 10.5 Å². The van der Waals surface area contributed by atoms with Crippen LogP contribution in [0.5, 0.6) is 5.75 Å². The summed E-state index contributed by atoms with van der Waals surface area (Å²) in [4.78, 5) is 23.5. The van der Waals surface area contributed by atoms with Gasteiger partial charge in [-0.25, -0.2) is 0 Å². The first-order valence-electron chi connectivity index (χ1n) is 7.10. The monoisotopic (exact) mass is 291 g/mol. The third-order valence-electron chi connectivity index (χ3n) is 3.24. The van der Waals surface area contributed by atoms with Crippen LogP contribution in [-0.2, 0) is 4.79 Å². The molecule has 0 spiro atoms. The fourth-order valence-corrected chi connectivity index (χ4v) is 1.95. The average molecular weight is 291 g/mol. The highest BCUT2D eigenvalue weighted by Gasteiger charge is 2.22. The number of rotatable bonds is 7. The number of nitrogen functional groups attached to an aromatic ring is 1. The summed E-state index contributed by atoms with van der Waals surface area (Å²) in [7, 11) is 1.52. The number of carbonyl (C=O) groups is 2. The molecule has 0 unspecified atom stereocenters. The highest BCUT2D eigenvalue weighted by atomic mass is 16.5. The normalized spacial score (nSPS) is 13.6. The zero-order valence-electron chi connectivity index (χ0n) is 12.1. The fourth-order valence-electron chi connectivity index (χ4n) is 1.95. The van der Waals surface area contributed by atoms with Crippen LogP contribution in [0.25, 0.3) is 0 Å². The Labute approximate surface area is 124 Å². The number of benzene rings is 1. The summed E-state index contributed by atoms with van der Waals surface area (Å²) >= 11 is 0. The molecule has 0 saturated heterocycles. The van der Waals surface area contributed by atoms with E-state index in [1.54, 1.807) is 18.2 Å². The predicted octanol–water partition coefficient (Wildman–Crippen LogP) is 1.07. The van der Waals surface area contributed by atoms with E-state index in [9.17, 15) is 9.59 Å². The lowest BCUT2D eigenvalue weighted by Gasteiger charge is -2.08. The van der Waals surface area contributed by atoms with Gasteiger partial charge in [-0.1, -0.05) is 0 Å². The van der Waals surface area contributed by atoms with Crippen molar-refractivity contribution in [3.8, 4) is 5.75 Å². The van der Waals surface area contributed by atoms with Gasteiger partial charge in [0.2, 0.25) is 5.91 Å². The van der Waals surface area contributed by atoms with Crippen LogP contribution in [0.15, 0.2) is 18.2 Å². The summed E-state index contributed by atoms with van der Waals surface area (Å²) in [6.07, 6.45) is 3.21. The van der Waals surface area contributed by atoms with Crippen LogP contribution in [0.4, 0.5) is 5.69 Å². The number of ether oxygens (including phenoxy) is 1. The molecule has 6 heteroatoms. The van der Waals surface area contributed by atoms with E-state index in [2.05, 4.69) is 10.6 Å². The minimum absolute atomic E-state index is 0.0531. The van der Waals surface area contributed by atoms with Crippen molar-refractivity contribution in [3.63, 3.8) is 0 Å². The number of hydrogen-bond donors (Lipinski definition) is 3. The van der Waals surface area contributed by atoms with Gasteiger partial charge in [-0.3, -0.25) is 9.59 Å². The zero-order valence-corrected chi connectivity index (χ0v) is 12.1. The molecule has 1 aromatic carbocycles. The predicted molar refractivity (Wildman–Crippen MR) is 80.1 cm³/mol. The standard InChI is InChI=1S/C15H21N3O3/c1-21-13-8-10(7-11(16)9-13)15(20)17-6-2-3-14(19)18-12-4-5-12/h7-9,12H,2-6,16H2,1H3,(H,17,20)(H,18,19). The largest absolute Gasteiger partial charge is 0.497 e. The first kappa shape index (κ1) is 15.2. The van der Waals surface area contributed by atoms with Gasteiger partial charge in [0, 0.05) is 36.3 Å². The zero-order chi connectivity index (χ0) is 15.2. The van der Waals surface area contributed by atoms with Crippen LogP contribution in [0, 0.1) is 0 Å². The second-order valence-electron chi connectivity index (χ2n) is 5.20. The number of nitrogens with two attached hydrogens (primary N) is 1. The highest BCUT2D eigenvalue weighted by Crippen LogP contribution is 2.19. The lowest BCUT2D eigenvalue weighted by molar-refractivity contribution is -0.121. The van der Waals surface area contributed by atoms with E-state index in [1.807, 2.05) is 0 Å². The highest BCUT2D eigenvalue weighted by molar-refractivity contribution is 5.95. The van der Waals surface area contributed by atoms with Gasteiger partial charge in [-0.2, -0.15) is 0 Å². The van der Waals surface area contributed by atoms with Crippen molar-refractivity contribution in [2.75, 3.05) is 19.4 Å². The van der Waals surface area contributed by atoms with E-state index in [0.717, 1.165) is 12.8 Å². The first-order chi connectivity index (χ1) is 10.1. The fraction of sp³-hybridized carbons (Fsp3) is 0.467. The Balaban J connectivity index is 1.73. The van der Waals surface area contributed by atoms with Crippen molar-refractivity contribution in [3.05, 3.63) is 23.8 Å². The Hall–Kier alpha value is -2.24. The molecule has 1 aromatic rings. The van der Waals surface area contributed by atoms with Crippen molar-refractivity contribution in [2.24, 2.45) is 0 Å². The van der Waals surface area contributed by atoms with Crippen LogP contribution in [-0.4, -0.2) is 31.5 Å².